The summed E-state index contributed by atoms with van der Waals surface area (Å²) in [4.78, 5) is 12.1. The highest BCUT2D eigenvalue weighted by atomic mass is 16.5. The molecule has 0 spiro atoms. The summed E-state index contributed by atoms with van der Waals surface area (Å²) in [6.07, 6.45) is 0. The van der Waals surface area contributed by atoms with Crippen LogP contribution in [0.25, 0.3) is 0 Å². The first-order chi connectivity index (χ1) is 9.24. The molecule has 0 radical (unpaired) electrons. The number of amides is 1. The van der Waals surface area contributed by atoms with E-state index in [1.807, 2.05) is 6.07 Å². The van der Waals surface area contributed by atoms with Crippen molar-refractivity contribution in [2.75, 3.05) is 12.4 Å². The first-order valence-corrected chi connectivity index (χ1v) is 5.88. The van der Waals surface area contributed by atoms with Gasteiger partial charge < -0.3 is 15.2 Å². The number of hydrogen-bond acceptors (Lipinski definition) is 3. The maximum atomic E-state index is 12.1. The fourth-order valence-electron chi connectivity index (χ4n) is 1.72. The number of benzene rings is 2. The molecule has 19 heavy (non-hydrogen) atoms. The third-order valence-corrected chi connectivity index (χ3v) is 2.75. The van der Waals surface area contributed by atoms with Crippen molar-refractivity contribution in [2.45, 2.75) is 6.61 Å². The van der Waals surface area contributed by atoms with Gasteiger partial charge in [-0.2, -0.15) is 0 Å². The van der Waals surface area contributed by atoms with Crippen LogP contribution in [0.15, 0.2) is 48.5 Å². The van der Waals surface area contributed by atoms with Gasteiger partial charge in [0.15, 0.2) is 0 Å². The molecule has 0 aromatic heterocycles. The molecule has 98 valence electrons. The number of para-hydroxylation sites is 1. The zero-order valence-corrected chi connectivity index (χ0v) is 10.6. The van der Waals surface area contributed by atoms with E-state index in [1.54, 1.807) is 42.5 Å². The molecular formula is C15H15NO3. The maximum Gasteiger partial charge on any atom is 0.259 e. The van der Waals surface area contributed by atoms with Crippen LogP contribution < -0.4 is 10.1 Å². The second-order valence-corrected chi connectivity index (χ2v) is 4.01. The largest absolute Gasteiger partial charge is 0.496 e. The van der Waals surface area contributed by atoms with Crippen LogP contribution >= 0.6 is 0 Å². The van der Waals surface area contributed by atoms with E-state index in [0.717, 1.165) is 5.56 Å². The monoisotopic (exact) mass is 257 g/mol. The number of aliphatic hydroxyl groups excluding tert-OH is 1. The highest BCUT2D eigenvalue weighted by Gasteiger charge is 2.11. The summed E-state index contributed by atoms with van der Waals surface area (Å²) in [6, 6.07) is 14.1. The maximum absolute atomic E-state index is 12.1. The van der Waals surface area contributed by atoms with Crippen LogP contribution in [-0.4, -0.2) is 18.1 Å². The average molecular weight is 257 g/mol. The minimum Gasteiger partial charge on any atom is -0.496 e. The zero-order valence-electron chi connectivity index (χ0n) is 10.6. The molecular weight excluding hydrogens is 242 g/mol. The van der Waals surface area contributed by atoms with E-state index in [0.29, 0.717) is 17.0 Å². The van der Waals surface area contributed by atoms with Gasteiger partial charge in [-0.05, 0) is 29.8 Å². The van der Waals surface area contributed by atoms with Crippen molar-refractivity contribution in [3.05, 3.63) is 59.7 Å². The number of aliphatic hydroxyl groups is 1. The van der Waals surface area contributed by atoms with Crippen molar-refractivity contribution in [1.29, 1.82) is 0 Å². The van der Waals surface area contributed by atoms with E-state index in [2.05, 4.69) is 5.32 Å². The first kappa shape index (κ1) is 13.1. The van der Waals surface area contributed by atoms with Gasteiger partial charge in [0.25, 0.3) is 5.91 Å². The smallest absolute Gasteiger partial charge is 0.259 e. The third kappa shape index (κ3) is 3.11. The molecule has 0 fully saturated rings. The predicted octanol–water partition coefficient (Wildman–Crippen LogP) is 2.44. The summed E-state index contributed by atoms with van der Waals surface area (Å²) in [5.74, 6) is 0.307. The Morgan fingerprint density at radius 1 is 1.16 bits per heavy atom. The van der Waals surface area contributed by atoms with Gasteiger partial charge in [0.1, 0.15) is 5.75 Å². The van der Waals surface area contributed by atoms with Crippen LogP contribution in [-0.2, 0) is 6.61 Å². The van der Waals surface area contributed by atoms with E-state index in [9.17, 15) is 4.79 Å². The third-order valence-electron chi connectivity index (χ3n) is 2.75. The van der Waals surface area contributed by atoms with E-state index in [4.69, 9.17) is 9.84 Å². The van der Waals surface area contributed by atoms with Crippen molar-refractivity contribution in [2.24, 2.45) is 0 Å². The van der Waals surface area contributed by atoms with Crippen LogP contribution in [0.5, 0.6) is 5.75 Å². The molecule has 0 unspecified atom stereocenters. The fraction of sp³-hybridized carbons (Fsp3) is 0.133. The standard InChI is InChI=1S/C15H15NO3/c1-19-14-5-3-2-4-13(14)15(18)16-12-8-6-11(10-17)7-9-12/h2-9,17H,10H2,1H3,(H,16,18). The van der Waals surface area contributed by atoms with Crippen molar-refractivity contribution >= 4 is 11.6 Å². The summed E-state index contributed by atoms with van der Waals surface area (Å²) < 4.78 is 5.15. The second kappa shape index (κ2) is 6.02. The lowest BCUT2D eigenvalue weighted by atomic mass is 10.1. The highest BCUT2D eigenvalue weighted by Crippen LogP contribution is 2.19. The summed E-state index contributed by atoms with van der Waals surface area (Å²) in [6.45, 7) is -0.0132. The van der Waals surface area contributed by atoms with E-state index < -0.39 is 0 Å². The summed E-state index contributed by atoms with van der Waals surface area (Å²) in [7, 11) is 1.53. The normalized spacial score (nSPS) is 10.0. The van der Waals surface area contributed by atoms with E-state index >= 15 is 0 Å². The Hall–Kier alpha value is -2.33. The van der Waals surface area contributed by atoms with Gasteiger partial charge in [0.05, 0.1) is 19.3 Å². The van der Waals surface area contributed by atoms with Gasteiger partial charge in [0.2, 0.25) is 0 Å². The molecule has 2 N–H and O–H groups in total. The molecule has 0 aliphatic rings. The number of ether oxygens (including phenoxy) is 1. The summed E-state index contributed by atoms with van der Waals surface area (Å²) in [5.41, 5.74) is 1.96. The Morgan fingerprint density at radius 2 is 1.84 bits per heavy atom. The Labute approximate surface area is 111 Å². The quantitative estimate of drug-likeness (QED) is 0.884. The number of carbonyl (C=O) groups is 1. The van der Waals surface area contributed by atoms with Gasteiger partial charge in [-0.15, -0.1) is 0 Å². The van der Waals surface area contributed by atoms with E-state index in [1.165, 1.54) is 7.11 Å². The van der Waals surface area contributed by atoms with Crippen LogP contribution in [0.3, 0.4) is 0 Å². The molecule has 2 aromatic rings. The minimum atomic E-state index is -0.228. The molecule has 0 aliphatic heterocycles. The van der Waals surface area contributed by atoms with E-state index in [-0.39, 0.29) is 12.5 Å². The van der Waals surface area contributed by atoms with Crippen LogP contribution in [0.1, 0.15) is 15.9 Å². The van der Waals surface area contributed by atoms with Gasteiger partial charge >= 0.3 is 0 Å². The average Bonchev–Trinajstić information content (AvgIpc) is 2.48. The van der Waals surface area contributed by atoms with Gasteiger partial charge in [-0.1, -0.05) is 24.3 Å². The number of methoxy groups -OCH3 is 1. The second-order valence-electron chi connectivity index (χ2n) is 4.01. The Balaban J connectivity index is 2.16. The Kier molecular flexibility index (Phi) is 4.15. The zero-order chi connectivity index (χ0) is 13.7. The van der Waals surface area contributed by atoms with Gasteiger partial charge in [-0.25, -0.2) is 0 Å². The van der Waals surface area contributed by atoms with Crippen LogP contribution in [0.4, 0.5) is 5.69 Å². The van der Waals surface area contributed by atoms with Crippen LogP contribution in [0, 0.1) is 0 Å². The molecule has 4 heteroatoms. The molecule has 0 aliphatic carbocycles. The summed E-state index contributed by atoms with van der Waals surface area (Å²) >= 11 is 0. The number of hydrogen-bond donors (Lipinski definition) is 2. The molecule has 0 saturated heterocycles. The number of nitrogens with one attached hydrogen (secondary N) is 1. The Morgan fingerprint density at radius 3 is 2.47 bits per heavy atom. The molecule has 1 amide bonds. The molecule has 4 nitrogen and oxygen atoms in total. The lowest BCUT2D eigenvalue weighted by Crippen LogP contribution is -2.13. The molecule has 2 rings (SSSR count). The lowest BCUT2D eigenvalue weighted by Gasteiger charge is -2.09. The van der Waals surface area contributed by atoms with Crippen molar-refractivity contribution < 1.29 is 14.6 Å². The number of anilines is 1. The molecule has 0 heterocycles. The molecule has 2 aromatic carbocycles. The van der Waals surface area contributed by atoms with Crippen LogP contribution in [0.2, 0.25) is 0 Å². The van der Waals surface area contributed by atoms with Crippen molar-refractivity contribution in [1.82, 2.24) is 0 Å². The lowest BCUT2D eigenvalue weighted by molar-refractivity contribution is 0.102. The van der Waals surface area contributed by atoms with Gasteiger partial charge in [-0.3, -0.25) is 4.79 Å². The number of carbonyl (C=O) groups excluding carboxylic acids is 1. The molecule has 0 atom stereocenters. The number of rotatable bonds is 4. The SMILES string of the molecule is COc1ccccc1C(=O)Nc1ccc(CO)cc1. The van der Waals surface area contributed by atoms with Gasteiger partial charge in [0, 0.05) is 5.69 Å². The molecule has 0 saturated carbocycles. The first-order valence-electron chi connectivity index (χ1n) is 5.88. The topological polar surface area (TPSA) is 58.6 Å². The van der Waals surface area contributed by atoms with Crippen molar-refractivity contribution in [3.8, 4) is 5.75 Å². The minimum absolute atomic E-state index is 0.0132. The molecule has 0 bridgehead atoms. The highest BCUT2D eigenvalue weighted by molar-refractivity contribution is 6.06. The predicted molar refractivity (Wildman–Crippen MR) is 73.3 cm³/mol. The Bertz CT molecular complexity index is 564. The van der Waals surface area contributed by atoms with Crippen molar-refractivity contribution in [3.63, 3.8) is 0 Å². The fourth-order valence-corrected chi connectivity index (χ4v) is 1.72. The summed E-state index contributed by atoms with van der Waals surface area (Å²) in [5, 5.41) is 11.7.